The lowest BCUT2D eigenvalue weighted by molar-refractivity contribution is -0.130. The first-order valence-electron chi connectivity index (χ1n) is 6.31. The fraction of sp³-hybridized carbons (Fsp3) is 0.917. The number of ketones is 1. The number of Topliss-reactive ketones (excluding diaryl/α,β-unsaturated/α-hetero) is 1. The molecule has 0 saturated carbocycles. The molecule has 1 N–H and O–H groups in total. The van der Waals surface area contributed by atoms with Crippen LogP contribution in [0.3, 0.4) is 0 Å². The zero-order valence-electron chi connectivity index (χ0n) is 10.8. The second-order valence-corrected chi connectivity index (χ2v) is 7.30. The molecule has 17 heavy (non-hydrogen) atoms. The van der Waals surface area contributed by atoms with E-state index in [9.17, 15) is 13.2 Å². The van der Waals surface area contributed by atoms with Gasteiger partial charge in [0.15, 0.2) is 0 Å². The first kappa shape index (κ1) is 14.6. The summed E-state index contributed by atoms with van der Waals surface area (Å²) in [5.74, 6) is 0.377. The summed E-state index contributed by atoms with van der Waals surface area (Å²) in [5.41, 5.74) is -0.192. The van der Waals surface area contributed by atoms with Gasteiger partial charge in [-0.1, -0.05) is 6.92 Å². The van der Waals surface area contributed by atoms with Gasteiger partial charge in [-0.2, -0.15) is 0 Å². The van der Waals surface area contributed by atoms with Crippen molar-refractivity contribution in [2.45, 2.75) is 39.0 Å². The fourth-order valence-corrected chi connectivity index (χ4v) is 3.16. The number of hydrogen-bond acceptors (Lipinski definition) is 4. The minimum Gasteiger partial charge on any atom is -0.317 e. The SMILES string of the molecule is CCC1(C(=O)CCCS(C)(=O)=O)CCNCC1. The maximum atomic E-state index is 12.2. The van der Waals surface area contributed by atoms with Gasteiger partial charge in [0.25, 0.3) is 0 Å². The lowest BCUT2D eigenvalue weighted by Gasteiger charge is -2.35. The Morgan fingerprint density at radius 3 is 2.35 bits per heavy atom. The van der Waals surface area contributed by atoms with Gasteiger partial charge in [0.05, 0.1) is 5.75 Å². The molecule has 0 spiro atoms. The van der Waals surface area contributed by atoms with Crippen molar-refractivity contribution in [1.82, 2.24) is 5.32 Å². The molecule has 4 nitrogen and oxygen atoms in total. The lowest BCUT2D eigenvalue weighted by atomic mass is 9.72. The monoisotopic (exact) mass is 261 g/mol. The molecule has 1 aliphatic rings. The van der Waals surface area contributed by atoms with Crippen LogP contribution >= 0.6 is 0 Å². The van der Waals surface area contributed by atoms with Crippen LogP contribution in [0.15, 0.2) is 0 Å². The van der Waals surface area contributed by atoms with E-state index in [1.54, 1.807) is 0 Å². The molecule has 0 aromatic heterocycles. The number of sulfone groups is 1. The Bertz CT molecular complexity index is 356. The van der Waals surface area contributed by atoms with Crippen molar-refractivity contribution in [1.29, 1.82) is 0 Å². The van der Waals surface area contributed by atoms with Gasteiger partial charge in [0, 0.05) is 18.1 Å². The summed E-state index contributed by atoms with van der Waals surface area (Å²) in [6.07, 6.45) is 4.74. The summed E-state index contributed by atoms with van der Waals surface area (Å²) in [6.45, 7) is 3.84. The molecular weight excluding hydrogens is 238 g/mol. The Morgan fingerprint density at radius 2 is 1.88 bits per heavy atom. The predicted octanol–water partition coefficient (Wildman–Crippen LogP) is 1.16. The minimum atomic E-state index is -2.94. The number of piperidine rings is 1. The van der Waals surface area contributed by atoms with Crippen molar-refractivity contribution in [2.75, 3.05) is 25.1 Å². The maximum Gasteiger partial charge on any atom is 0.147 e. The third-order valence-corrected chi connectivity index (χ3v) is 4.78. The van der Waals surface area contributed by atoms with Gasteiger partial charge in [-0.15, -0.1) is 0 Å². The summed E-state index contributed by atoms with van der Waals surface area (Å²) in [6, 6.07) is 0. The first-order chi connectivity index (χ1) is 7.90. The molecule has 0 amide bonds. The molecule has 0 aliphatic carbocycles. The van der Waals surface area contributed by atoms with Gasteiger partial charge in [0.2, 0.25) is 0 Å². The topological polar surface area (TPSA) is 63.2 Å². The fourth-order valence-electron chi connectivity index (χ4n) is 2.49. The van der Waals surface area contributed by atoms with Crippen molar-refractivity contribution < 1.29 is 13.2 Å². The highest BCUT2D eigenvalue weighted by Gasteiger charge is 2.36. The molecular formula is C12H23NO3S. The third kappa shape index (κ3) is 4.39. The highest BCUT2D eigenvalue weighted by atomic mass is 32.2. The van der Waals surface area contributed by atoms with Crippen LogP contribution in [0.2, 0.25) is 0 Å². The summed E-state index contributed by atoms with van der Waals surface area (Å²) in [5, 5.41) is 3.26. The van der Waals surface area contributed by atoms with Crippen molar-refractivity contribution >= 4 is 15.6 Å². The maximum absolute atomic E-state index is 12.2. The minimum absolute atomic E-state index is 0.122. The summed E-state index contributed by atoms with van der Waals surface area (Å²) in [4.78, 5) is 12.2. The van der Waals surface area contributed by atoms with Crippen LogP contribution in [0.1, 0.15) is 39.0 Å². The largest absolute Gasteiger partial charge is 0.317 e. The predicted molar refractivity (Wildman–Crippen MR) is 68.8 cm³/mol. The Labute approximate surface area is 104 Å². The molecule has 1 saturated heterocycles. The van der Waals surface area contributed by atoms with E-state index in [-0.39, 0.29) is 17.0 Å². The van der Waals surface area contributed by atoms with Crippen molar-refractivity contribution in [2.24, 2.45) is 5.41 Å². The van der Waals surface area contributed by atoms with Crippen LogP contribution in [0, 0.1) is 5.41 Å². The van der Waals surface area contributed by atoms with Crippen LogP contribution in [-0.2, 0) is 14.6 Å². The molecule has 100 valence electrons. The Balaban J connectivity index is 2.49. The van der Waals surface area contributed by atoms with Crippen LogP contribution in [-0.4, -0.2) is 39.3 Å². The molecule has 5 heteroatoms. The van der Waals surface area contributed by atoms with Gasteiger partial charge >= 0.3 is 0 Å². The highest BCUT2D eigenvalue weighted by Crippen LogP contribution is 2.34. The number of nitrogens with one attached hydrogen (secondary N) is 1. The smallest absolute Gasteiger partial charge is 0.147 e. The number of hydrogen-bond donors (Lipinski definition) is 1. The summed E-state index contributed by atoms with van der Waals surface area (Å²) < 4.78 is 22.0. The molecule has 0 aromatic rings. The molecule has 1 rings (SSSR count). The number of carbonyl (C=O) groups is 1. The second-order valence-electron chi connectivity index (χ2n) is 5.04. The van der Waals surface area contributed by atoms with Crippen molar-refractivity contribution in [3.05, 3.63) is 0 Å². The molecule has 1 heterocycles. The molecule has 0 bridgehead atoms. The molecule has 0 unspecified atom stereocenters. The Hall–Kier alpha value is -0.420. The van der Waals surface area contributed by atoms with E-state index in [0.717, 1.165) is 32.4 Å². The van der Waals surface area contributed by atoms with Crippen LogP contribution < -0.4 is 5.32 Å². The quantitative estimate of drug-likeness (QED) is 0.779. The molecule has 1 aliphatic heterocycles. The zero-order chi connectivity index (χ0) is 12.9. The van der Waals surface area contributed by atoms with E-state index in [1.165, 1.54) is 6.26 Å². The summed E-state index contributed by atoms with van der Waals surface area (Å²) in [7, 11) is -2.94. The van der Waals surface area contributed by atoms with E-state index in [2.05, 4.69) is 12.2 Å². The van der Waals surface area contributed by atoms with E-state index in [4.69, 9.17) is 0 Å². The zero-order valence-corrected chi connectivity index (χ0v) is 11.6. The van der Waals surface area contributed by atoms with E-state index >= 15 is 0 Å². The molecule has 0 atom stereocenters. The van der Waals surface area contributed by atoms with Crippen molar-refractivity contribution in [3.63, 3.8) is 0 Å². The normalized spacial score (nSPS) is 20.1. The van der Waals surface area contributed by atoms with E-state index in [1.807, 2.05) is 0 Å². The molecule has 0 radical (unpaired) electrons. The summed E-state index contributed by atoms with van der Waals surface area (Å²) >= 11 is 0. The Morgan fingerprint density at radius 1 is 1.29 bits per heavy atom. The standard InChI is InChI=1S/C12H23NO3S/c1-3-12(6-8-13-9-7-12)11(14)5-4-10-17(2,15)16/h13H,3-10H2,1-2H3. The van der Waals surface area contributed by atoms with Crippen LogP contribution in [0.5, 0.6) is 0 Å². The highest BCUT2D eigenvalue weighted by molar-refractivity contribution is 7.90. The van der Waals surface area contributed by atoms with Gasteiger partial charge in [-0.3, -0.25) is 4.79 Å². The third-order valence-electron chi connectivity index (χ3n) is 3.75. The lowest BCUT2D eigenvalue weighted by Crippen LogP contribution is -2.41. The van der Waals surface area contributed by atoms with Crippen molar-refractivity contribution in [3.8, 4) is 0 Å². The van der Waals surface area contributed by atoms with Gasteiger partial charge < -0.3 is 5.32 Å². The van der Waals surface area contributed by atoms with Crippen LogP contribution in [0.25, 0.3) is 0 Å². The second kappa shape index (κ2) is 5.96. The van der Waals surface area contributed by atoms with Gasteiger partial charge in [0.1, 0.15) is 15.6 Å². The average molecular weight is 261 g/mol. The first-order valence-corrected chi connectivity index (χ1v) is 8.37. The Kier molecular flexibility index (Phi) is 5.13. The van der Waals surface area contributed by atoms with Gasteiger partial charge in [-0.05, 0) is 38.8 Å². The molecule has 0 aromatic carbocycles. The van der Waals surface area contributed by atoms with E-state index < -0.39 is 9.84 Å². The van der Waals surface area contributed by atoms with E-state index in [0.29, 0.717) is 12.8 Å². The molecule has 1 fully saturated rings. The van der Waals surface area contributed by atoms with Gasteiger partial charge in [-0.25, -0.2) is 8.42 Å². The average Bonchev–Trinajstić information content (AvgIpc) is 2.28. The number of carbonyl (C=O) groups excluding carboxylic acids is 1. The van der Waals surface area contributed by atoms with Crippen LogP contribution in [0.4, 0.5) is 0 Å². The number of rotatable bonds is 6.